The van der Waals surface area contributed by atoms with Crippen molar-refractivity contribution in [3.63, 3.8) is 0 Å². The van der Waals surface area contributed by atoms with Crippen LogP contribution in [0.3, 0.4) is 0 Å². The Bertz CT molecular complexity index is 791. The van der Waals surface area contributed by atoms with Crippen molar-refractivity contribution < 1.29 is 4.79 Å². The lowest BCUT2D eigenvalue weighted by Gasteiger charge is -2.34. The highest BCUT2D eigenvalue weighted by atomic mass is 16.1. The van der Waals surface area contributed by atoms with Gasteiger partial charge in [0.25, 0.3) is 5.91 Å². The maximum atomic E-state index is 13.0. The molecule has 2 aromatic rings. The number of aromatic nitrogens is 1. The number of anilines is 1. The monoisotopic (exact) mass is 366 g/mol. The molecule has 0 radical (unpaired) electrons. The fraction of sp³-hybridized carbons (Fsp3) is 0.455. The highest BCUT2D eigenvalue weighted by molar-refractivity contribution is 5.95. The standard InChI is InChI=1S/C22H30N4O/c1-22(2,3)19(15-26-12-4-5-13-26)25-21(27)17-9-6-8-16(14-17)18-10-7-11-20(23)24-18/h6-11,14,19H,4-5,12-13,15H2,1-3H3,(H2,23,24)(H,25,27). The van der Waals surface area contributed by atoms with Gasteiger partial charge >= 0.3 is 0 Å². The van der Waals surface area contributed by atoms with Gasteiger partial charge in [-0.05, 0) is 55.6 Å². The van der Waals surface area contributed by atoms with Crippen LogP contribution in [0.15, 0.2) is 42.5 Å². The second-order valence-electron chi connectivity index (χ2n) is 8.43. The summed E-state index contributed by atoms with van der Waals surface area (Å²) in [6, 6.07) is 13.2. The second kappa shape index (κ2) is 8.09. The van der Waals surface area contributed by atoms with E-state index in [4.69, 9.17) is 5.73 Å². The van der Waals surface area contributed by atoms with Gasteiger partial charge in [-0.1, -0.05) is 39.0 Å². The van der Waals surface area contributed by atoms with Gasteiger partial charge in [0.2, 0.25) is 0 Å². The van der Waals surface area contributed by atoms with Crippen LogP contribution < -0.4 is 11.1 Å². The summed E-state index contributed by atoms with van der Waals surface area (Å²) in [4.78, 5) is 19.8. The summed E-state index contributed by atoms with van der Waals surface area (Å²) in [7, 11) is 0. The number of pyridine rings is 1. The Morgan fingerprint density at radius 3 is 2.56 bits per heavy atom. The minimum Gasteiger partial charge on any atom is -0.384 e. The molecular formula is C22H30N4O. The average Bonchev–Trinajstić information content (AvgIpc) is 3.13. The van der Waals surface area contributed by atoms with E-state index in [2.05, 4.69) is 36.0 Å². The zero-order chi connectivity index (χ0) is 19.4. The number of rotatable bonds is 5. The Labute approximate surface area is 162 Å². The molecular weight excluding hydrogens is 336 g/mol. The molecule has 1 aromatic heterocycles. The molecule has 0 spiro atoms. The van der Waals surface area contributed by atoms with Gasteiger partial charge in [0.1, 0.15) is 5.82 Å². The summed E-state index contributed by atoms with van der Waals surface area (Å²) in [6.07, 6.45) is 2.50. The molecule has 144 valence electrons. The van der Waals surface area contributed by atoms with E-state index in [1.54, 1.807) is 6.07 Å². The predicted molar refractivity (Wildman–Crippen MR) is 110 cm³/mol. The number of nitrogens with one attached hydrogen (secondary N) is 1. The molecule has 2 heterocycles. The van der Waals surface area contributed by atoms with Crippen LogP contribution >= 0.6 is 0 Å². The van der Waals surface area contributed by atoms with Crippen molar-refractivity contribution in [1.82, 2.24) is 15.2 Å². The molecule has 27 heavy (non-hydrogen) atoms. The highest BCUT2D eigenvalue weighted by Gasteiger charge is 2.29. The van der Waals surface area contributed by atoms with Crippen LogP contribution in [0.2, 0.25) is 0 Å². The van der Waals surface area contributed by atoms with Crippen molar-refractivity contribution in [2.45, 2.75) is 39.7 Å². The van der Waals surface area contributed by atoms with Crippen molar-refractivity contribution >= 4 is 11.7 Å². The van der Waals surface area contributed by atoms with E-state index in [0.717, 1.165) is 30.9 Å². The summed E-state index contributed by atoms with van der Waals surface area (Å²) >= 11 is 0. The van der Waals surface area contributed by atoms with Gasteiger partial charge in [0, 0.05) is 23.7 Å². The van der Waals surface area contributed by atoms with Gasteiger partial charge in [0.15, 0.2) is 0 Å². The zero-order valence-corrected chi connectivity index (χ0v) is 16.5. The third-order valence-electron chi connectivity index (χ3n) is 5.18. The molecule has 1 atom stereocenters. The molecule has 1 fully saturated rings. The van der Waals surface area contributed by atoms with Crippen LogP contribution in [-0.4, -0.2) is 41.5 Å². The number of nitrogens with two attached hydrogens (primary N) is 1. The number of carbonyl (C=O) groups is 1. The maximum absolute atomic E-state index is 13.0. The van der Waals surface area contributed by atoms with Gasteiger partial charge in [-0.2, -0.15) is 0 Å². The van der Waals surface area contributed by atoms with Crippen LogP contribution in [-0.2, 0) is 0 Å². The van der Waals surface area contributed by atoms with E-state index in [9.17, 15) is 4.79 Å². The number of benzene rings is 1. The summed E-state index contributed by atoms with van der Waals surface area (Å²) in [5.74, 6) is 0.431. The predicted octanol–water partition coefficient (Wildman–Crippen LogP) is 3.57. The largest absolute Gasteiger partial charge is 0.384 e. The van der Waals surface area contributed by atoms with Gasteiger partial charge < -0.3 is 16.0 Å². The fourth-order valence-corrected chi connectivity index (χ4v) is 3.43. The number of amides is 1. The third-order valence-corrected chi connectivity index (χ3v) is 5.18. The molecule has 1 aliphatic rings. The smallest absolute Gasteiger partial charge is 0.251 e. The second-order valence-corrected chi connectivity index (χ2v) is 8.43. The summed E-state index contributed by atoms with van der Waals surface area (Å²) in [5.41, 5.74) is 8.09. The lowest BCUT2D eigenvalue weighted by molar-refractivity contribution is 0.0878. The normalized spacial score (nSPS) is 16.3. The van der Waals surface area contributed by atoms with E-state index < -0.39 is 0 Å². The minimum atomic E-state index is -0.0418. The van der Waals surface area contributed by atoms with Crippen molar-refractivity contribution in [2.24, 2.45) is 5.41 Å². The van der Waals surface area contributed by atoms with Gasteiger partial charge in [-0.3, -0.25) is 4.79 Å². The summed E-state index contributed by atoms with van der Waals surface area (Å²) < 4.78 is 0. The third kappa shape index (κ3) is 5.07. The Balaban J connectivity index is 1.76. The van der Waals surface area contributed by atoms with Gasteiger partial charge in [-0.15, -0.1) is 0 Å². The van der Waals surface area contributed by atoms with E-state index in [1.807, 2.05) is 36.4 Å². The van der Waals surface area contributed by atoms with Crippen LogP contribution in [0.5, 0.6) is 0 Å². The highest BCUT2D eigenvalue weighted by Crippen LogP contribution is 2.23. The first-order valence-corrected chi connectivity index (χ1v) is 9.69. The minimum absolute atomic E-state index is 0.00863. The van der Waals surface area contributed by atoms with Crippen LogP contribution in [0.1, 0.15) is 44.0 Å². The first-order chi connectivity index (χ1) is 12.8. The van der Waals surface area contributed by atoms with E-state index in [0.29, 0.717) is 11.4 Å². The van der Waals surface area contributed by atoms with Crippen LogP contribution in [0, 0.1) is 5.41 Å². The number of hydrogen-bond donors (Lipinski definition) is 2. The molecule has 3 rings (SSSR count). The molecule has 1 saturated heterocycles. The van der Waals surface area contributed by atoms with Crippen molar-refractivity contribution in [3.8, 4) is 11.3 Å². The Hall–Kier alpha value is -2.40. The Morgan fingerprint density at radius 2 is 1.89 bits per heavy atom. The van der Waals surface area contributed by atoms with Crippen molar-refractivity contribution in [2.75, 3.05) is 25.4 Å². The maximum Gasteiger partial charge on any atom is 0.251 e. The van der Waals surface area contributed by atoms with Gasteiger partial charge in [0.05, 0.1) is 5.69 Å². The van der Waals surface area contributed by atoms with E-state index in [1.165, 1.54) is 12.8 Å². The lowest BCUT2D eigenvalue weighted by atomic mass is 9.86. The number of carbonyl (C=O) groups excluding carboxylic acids is 1. The molecule has 1 amide bonds. The van der Waals surface area contributed by atoms with Gasteiger partial charge in [-0.25, -0.2) is 4.98 Å². The molecule has 0 aliphatic carbocycles. The lowest BCUT2D eigenvalue weighted by Crippen LogP contribution is -2.50. The molecule has 5 nitrogen and oxygen atoms in total. The fourth-order valence-electron chi connectivity index (χ4n) is 3.43. The molecule has 1 unspecified atom stereocenters. The number of hydrogen-bond acceptors (Lipinski definition) is 4. The molecule has 0 saturated carbocycles. The Kier molecular flexibility index (Phi) is 5.80. The first-order valence-electron chi connectivity index (χ1n) is 9.69. The van der Waals surface area contributed by atoms with E-state index in [-0.39, 0.29) is 17.4 Å². The zero-order valence-electron chi connectivity index (χ0n) is 16.5. The Morgan fingerprint density at radius 1 is 1.19 bits per heavy atom. The summed E-state index contributed by atoms with van der Waals surface area (Å²) in [5, 5.41) is 3.26. The molecule has 0 bridgehead atoms. The molecule has 1 aromatic carbocycles. The number of likely N-dealkylation sites (tertiary alicyclic amines) is 1. The van der Waals surface area contributed by atoms with Crippen molar-refractivity contribution in [1.29, 1.82) is 0 Å². The topological polar surface area (TPSA) is 71.2 Å². The SMILES string of the molecule is CC(C)(C)C(CN1CCCC1)NC(=O)c1cccc(-c2cccc(N)n2)c1. The molecule has 3 N–H and O–H groups in total. The van der Waals surface area contributed by atoms with Crippen LogP contribution in [0.4, 0.5) is 5.82 Å². The number of nitrogens with zero attached hydrogens (tertiary/aromatic N) is 2. The van der Waals surface area contributed by atoms with Crippen molar-refractivity contribution in [3.05, 3.63) is 48.0 Å². The first kappa shape index (κ1) is 19.4. The average molecular weight is 367 g/mol. The molecule has 1 aliphatic heterocycles. The number of nitrogen functional groups attached to an aromatic ring is 1. The van der Waals surface area contributed by atoms with E-state index >= 15 is 0 Å². The molecule has 5 heteroatoms. The summed E-state index contributed by atoms with van der Waals surface area (Å²) in [6.45, 7) is 9.69. The quantitative estimate of drug-likeness (QED) is 0.849. The van der Waals surface area contributed by atoms with Crippen LogP contribution in [0.25, 0.3) is 11.3 Å².